The van der Waals surface area contributed by atoms with Crippen LogP contribution < -0.4 is 9.80 Å². The molecule has 0 saturated carbocycles. The summed E-state index contributed by atoms with van der Waals surface area (Å²) >= 11 is 0. The average molecular weight is 595 g/mol. The van der Waals surface area contributed by atoms with Crippen LogP contribution in [-0.4, -0.2) is 26.1 Å². The van der Waals surface area contributed by atoms with E-state index < -0.39 is 0 Å². The molecule has 0 bridgehead atoms. The maximum absolute atomic E-state index is 5.31. The molecule has 42 heavy (non-hydrogen) atoms. The summed E-state index contributed by atoms with van der Waals surface area (Å²) in [5.74, 6) is 0.854. The van der Waals surface area contributed by atoms with Crippen LogP contribution in [0.1, 0.15) is 0 Å². The van der Waals surface area contributed by atoms with E-state index in [1.54, 1.807) is 0 Å². The molecule has 0 spiro atoms. The van der Waals surface area contributed by atoms with Crippen LogP contribution in [0.15, 0.2) is 109 Å². The summed E-state index contributed by atoms with van der Waals surface area (Å²) in [5.41, 5.74) is 11.8. The minimum Gasteiger partial charge on any atom is -0.414 e. The van der Waals surface area contributed by atoms with Gasteiger partial charge in [-0.25, -0.2) is 4.98 Å². The Bertz CT molecular complexity index is 2110. The SMILES string of the molecule is CN1c2ccccc2N(c2nc3c(-c4ccccn4)cccc3n2C)c2cc(-c3cccc4c3[c-]cn4C)ccc21.[Cu+]. The summed E-state index contributed by atoms with van der Waals surface area (Å²) < 4.78 is 4.30. The number of rotatable bonds is 3. The number of pyridine rings is 1. The molecule has 4 aromatic carbocycles. The van der Waals surface area contributed by atoms with E-state index in [-0.39, 0.29) is 17.1 Å². The van der Waals surface area contributed by atoms with E-state index >= 15 is 0 Å². The van der Waals surface area contributed by atoms with Crippen LogP contribution in [0, 0.1) is 6.07 Å². The van der Waals surface area contributed by atoms with Crippen LogP contribution in [0.25, 0.3) is 44.3 Å². The molecule has 0 amide bonds. The van der Waals surface area contributed by atoms with E-state index in [1.165, 1.54) is 0 Å². The first-order valence-electron chi connectivity index (χ1n) is 13.7. The van der Waals surface area contributed by atoms with Gasteiger partial charge in [0.2, 0.25) is 5.95 Å². The molecule has 7 heteroatoms. The van der Waals surface area contributed by atoms with Crippen LogP contribution in [0.4, 0.5) is 28.7 Å². The largest absolute Gasteiger partial charge is 1.00 e. The first kappa shape index (κ1) is 26.1. The third kappa shape index (κ3) is 3.78. The Labute approximate surface area is 255 Å². The molecule has 8 rings (SSSR count). The minimum absolute atomic E-state index is 0. The third-order valence-corrected chi connectivity index (χ3v) is 8.23. The van der Waals surface area contributed by atoms with Crippen molar-refractivity contribution in [3.8, 4) is 22.4 Å². The maximum Gasteiger partial charge on any atom is 1.00 e. The minimum atomic E-state index is 0. The molecule has 0 aliphatic carbocycles. The second kappa shape index (κ2) is 9.91. The monoisotopic (exact) mass is 594 g/mol. The molecule has 208 valence electrons. The van der Waals surface area contributed by atoms with Gasteiger partial charge in [-0.3, -0.25) is 9.88 Å². The number of aromatic nitrogens is 4. The van der Waals surface area contributed by atoms with Gasteiger partial charge >= 0.3 is 17.1 Å². The first-order valence-corrected chi connectivity index (χ1v) is 13.7. The summed E-state index contributed by atoms with van der Waals surface area (Å²) in [4.78, 5) is 14.5. The van der Waals surface area contributed by atoms with Gasteiger partial charge in [0.25, 0.3) is 0 Å². The summed E-state index contributed by atoms with van der Waals surface area (Å²) in [6, 6.07) is 37.5. The summed E-state index contributed by atoms with van der Waals surface area (Å²) in [6.45, 7) is 0. The zero-order valence-electron chi connectivity index (χ0n) is 23.4. The van der Waals surface area contributed by atoms with Gasteiger partial charge in [-0.15, -0.1) is 11.6 Å². The van der Waals surface area contributed by atoms with E-state index in [4.69, 9.17) is 4.98 Å². The molecule has 0 fully saturated rings. The number of hydrogen-bond donors (Lipinski definition) is 0. The fourth-order valence-corrected chi connectivity index (χ4v) is 6.15. The molecule has 1 aliphatic rings. The van der Waals surface area contributed by atoms with Crippen LogP contribution in [0.5, 0.6) is 0 Å². The maximum atomic E-state index is 5.31. The standard InChI is InChI=1S/C35H27N6.Cu/c1-38-21-19-25-24(10-8-15-28(25)38)23-17-18-30-33(22-23)41(31-14-5-4-13-29(31)39(30)2)35-37-34-26(27-12-6-7-20-36-27)11-9-16-32(34)40(35)3;/h4-18,20-22H,1-3H3;/q-1;+1. The van der Waals surface area contributed by atoms with Crippen molar-refractivity contribution in [1.82, 2.24) is 19.1 Å². The Morgan fingerprint density at radius 1 is 0.667 bits per heavy atom. The molecule has 0 unspecified atom stereocenters. The number of benzene rings is 4. The second-order valence-electron chi connectivity index (χ2n) is 10.5. The van der Waals surface area contributed by atoms with Gasteiger partial charge < -0.3 is 14.0 Å². The number of imidazole rings is 1. The number of fused-ring (bicyclic) bond motifs is 4. The van der Waals surface area contributed by atoms with Crippen molar-refractivity contribution in [1.29, 1.82) is 0 Å². The topological polar surface area (TPSA) is 42.1 Å². The Morgan fingerprint density at radius 2 is 1.40 bits per heavy atom. The zero-order valence-corrected chi connectivity index (χ0v) is 24.3. The quantitative estimate of drug-likeness (QED) is 0.153. The molecule has 7 aromatic rings. The molecule has 3 aromatic heterocycles. The predicted octanol–water partition coefficient (Wildman–Crippen LogP) is 8.14. The van der Waals surface area contributed by atoms with Crippen molar-refractivity contribution in [2.75, 3.05) is 16.8 Å². The first-order chi connectivity index (χ1) is 20.1. The molecule has 4 heterocycles. The van der Waals surface area contributed by atoms with E-state index in [0.717, 1.165) is 73.0 Å². The van der Waals surface area contributed by atoms with Crippen LogP contribution in [0.3, 0.4) is 0 Å². The number of anilines is 5. The van der Waals surface area contributed by atoms with Gasteiger partial charge in [0.15, 0.2) is 0 Å². The molecule has 0 atom stereocenters. The molecule has 1 aliphatic heterocycles. The summed E-state index contributed by atoms with van der Waals surface area (Å²) in [5, 5.41) is 1.12. The van der Waals surface area contributed by atoms with Crippen molar-refractivity contribution in [2.24, 2.45) is 14.1 Å². The summed E-state index contributed by atoms with van der Waals surface area (Å²) in [7, 11) is 6.29. The molecular weight excluding hydrogens is 568 g/mol. The number of nitrogens with zero attached hydrogens (tertiary/aromatic N) is 6. The van der Waals surface area contributed by atoms with E-state index in [9.17, 15) is 0 Å². The van der Waals surface area contributed by atoms with E-state index in [0.29, 0.717) is 0 Å². The van der Waals surface area contributed by atoms with Crippen molar-refractivity contribution in [3.63, 3.8) is 0 Å². The second-order valence-corrected chi connectivity index (χ2v) is 10.5. The van der Waals surface area contributed by atoms with Crippen LogP contribution >= 0.6 is 0 Å². The van der Waals surface area contributed by atoms with Gasteiger partial charge in [-0.2, -0.15) is 11.5 Å². The molecule has 6 nitrogen and oxygen atoms in total. The fourth-order valence-electron chi connectivity index (χ4n) is 6.15. The zero-order chi connectivity index (χ0) is 27.7. The number of hydrogen-bond acceptors (Lipinski definition) is 4. The van der Waals surface area contributed by atoms with Gasteiger partial charge in [0.05, 0.1) is 34.0 Å². The molecular formula is C35H27CuN6. The average Bonchev–Trinajstić information content (AvgIpc) is 3.57. The van der Waals surface area contributed by atoms with Gasteiger partial charge in [0.1, 0.15) is 5.52 Å². The smallest absolute Gasteiger partial charge is 0.414 e. The third-order valence-electron chi connectivity index (χ3n) is 8.23. The predicted molar refractivity (Wildman–Crippen MR) is 167 cm³/mol. The Hall–Kier alpha value is -4.84. The van der Waals surface area contributed by atoms with Gasteiger partial charge in [0, 0.05) is 25.9 Å². The Kier molecular flexibility index (Phi) is 6.15. The van der Waals surface area contributed by atoms with Crippen molar-refractivity contribution >= 4 is 50.6 Å². The molecule has 0 N–H and O–H groups in total. The normalized spacial score (nSPS) is 12.4. The fraction of sp³-hybridized carbons (Fsp3) is 0.0857. The van der Waals surface area contributed by atoms with Crippen molar-refractivity contribution in [2.45, 2.75) is 0 Å². The number of aryl methyl sites for hydroxylation is 2. The molecule has 0 saturated heterocycles. The van der Waals surface area contributed by atoms with Crippen LogP contribution in [0.2, 0.25) is 0 Å². The van der Waals surface area contributed by atoms with Crippen molar-refractivity contribution < 1.29 is 17.1 Å². The van der Waals surface area contributed by atoms with Gasteiger partial charge in [-0.1, -0.05) is 65.8 Å². The molecule has 0 radical (unpaired) electrons. The van der Waals surface area contributed by atoms with Crippen LogP contribution in [-0.2, 0) is 31.2 Å². The van der Waals surface area contributed by atoms with Gasteiger partial charge in [-0.05, 0) is 49.5 Å². The Morgan fingerprint density at radius 3 is 2.21 bits per heavy atom. The van der Waals surface area contributed by atoms with Crippen molar-refractivity contribution in [3.05, 3.63) is 116 Å². The summed E-state index contributed by atoms with van der Waals surface area (Å²) in [6.07, 6.45) is 3.83. The number of para-hydroxylation sites is 3. The van der Waals surface area contributed by atoms with E-state index in [1.807, 2.05) is 30.6 Å². The Balaban J connectivity index is 0.00000288. The van der Waals surface area contributed by atoms with E-state index in [2.05, 4.69) is 130 Å².